The molecule has 0 aliphatic heterocycles. The van der Waals surface area contributed by atoms with Crippen molar-refractivity contribution in [1.82, 2.24) is 15.0 Å². The summed E-state index contributed by atoms with van der Waals surface area (Å²) in [6, 6.07) is 3.68. The molecule has 0 saturated carbocycles. The second kappa shape index (κ2) is 5.56. The van der Waals surface area contributed by atoms with E-state index in [2.05, 4.69) is 27.2 Å². The fourth-order valence-electron chi connectivity index (χ4n) is 1.51. The molecule has 2 rings (SSSR count). The molecule has 6 heteroatoms. The van der Waals surface area contributed by atoms with E-state index in [1.807, 2.05) is 18.4 Å². The van der Waals surface area contributed by atoms with Gasteiger partial charge in [0.2, 0.25) is 5.95 Å². The van der Waals surface area contributed by atoms with Crippen molar-refractivity contribution >= 4 is 17.3 Å². The first-order valence-electron chi connectivity index (χ1n) is 5.58. The summed E-state index contributed by atoms with van der Waals surface area (Å²) in [5.41, 5.74) is 1.16. The lowest BCUT2D eigenvalue weighted by Crippen LogP contribution is -2.12. The van der Waals surface area contributed by atoms with Gasteiger partial charge in [-0.1, -0.05) is 6.92 Å². The number of nitrogens with one attached hydrogen (secondary N) is 1. The van der Waals surface area contributed by atoms with E-state index in [0.29, 0.717) is 24.1 Å². The van der Waals surface area contributed by atoms with E-state index in [0.717, 1.165) is 10.7 Å². The summed E-state index contributed by atoms with van der Waals surface area (Å²) in [6.45, 7) is 4.63. The van der Waals surface area contributed by atoms with Crippen LogP contribution in [0.1, 0.15) is 29.2 Å². The lowest BCUT2D eigenvalue weighted by molar-refractivity contribution is 0.786. The molecule has 0 aliphatic carbocycles. The summed E-state index contributed by atoms with van der Waals surface area (Å²) in [4.78, 5) is 12.6. The molecule has 0 bridgehead atoms. The number of hydrogen-bond donors (Lipinski definition) is 1. The molecule has 0 amide bonds. The maximum Gasteiger partial charge on any atom is 0.224 e. The molecular weight excluding hydrogens is 246 g/mol. The zero-order valence-electron chi connectivity index (χ0n) is 10.2. The number of nitriles is 1. The minimum absolute atomic E-state index is 0.291. The van der Waals surface area contributed by atoms with Crippen LogP contribution in [0.2, 0.25) is 0 Å². The summed E-state index contributed by atoms with van der Waals surface area (Å²) in [5.74, 6) is 0.787. The third-order valence-corrected chi connectivity index (χ3v) is 3.42. The Balaban J connectivity index is 2.02. The number of rotatable bonds is 4. The van der Waals surface area contributed by atoms with Crippen LogP contribution < -0.4 is 5.32 Å². The third-order valence-electron chi connectivity index (χ3n) is 2.41. The zero-order chi connectivity index (χ0) is 13.0. The fraction of sp³-hybridized carbons (Fsp3) is 0.333. The van der Waals surface area contributed by atoms with Crippen molar-refractivity contribution in [1.29, 1.82) is 5.26 Å². The molecule has 1 atom stereocenters. The maximum atomic E-state index is 8.84. The molecule has 18 heavy (non-hydrogen) atoms. The Hall–Kier alpha value is -2.00. The van der Waals surface area contributed by atoms with Crippen molar-refractivity contribution in [2.24, 2.45) is 0 Å². The maximum absolute atomic E-state index is 8.84. The Kier molecular flexibility index (Phi) is 3.85. The van der Waals surface area contributed by atoms with Gasteiger partial charge in [0.25, 0.3) is 0 Å². The molecule has 2 aromatic heterocycles. The number of thiazole rings is 1. The first kappa shape index (κ1) is 12.5. The van der Waals surface area contributed by atoms with E-state index in [1.165, 1.54) is 0 Å². The molecule has 92 valence electrons. The van der Waals surface area contributed by atoms with Gasteiger partial charge in [0.15, 0.2) is 0 Å². The topological polar surface area (TPSA) is 74.5 Å². The average molecular weight is 259 g/mol. The van der Waals surface area contributed by atoms with Gasteiger partial charge in [-0.05, 0) is 13.0 Å². The average Bonchev–Trinajstić information content (AvgIpc) is 2.89. The van der Waals surface area contributed by atoms with Crippen LogP contribution in [0.4, 0.5) is 5.95 Å². The van der Waals surface area contributed by atoms with Crippen molar-refractivity contribution in [3.05, 3.63) is 34.0 Å². The number of aryl methyl sites for hydroxylation is 1. The van der Waals surface area contributed by atoms with Crippen LogP contribution in [0.25, 0.3) is 0 Å². The number of hydrogen-bond acceptors (Lipinski definition) is 6. The number of aromatic nitrogens is 3. The van der Waals surface area contributed by atoms with Crippen LogP contribution in [-0.2, 0) is 0 Å². The smallest absolute Gasteiger partial charge is 0.224 e. The van der Waals surface area contributed by atoms with Crippen LogP contribution in [-0.4, -0.2) is 21.5 Å². The van der Waals surface area contributed by atoms with E-state index in [9.17, 15) is 0 Å². The molecule has 0 radical (unpaired) electrons. The molecule has 1 N–H and O–H groups in total. The Bertz CT molecular complexity index is 558. The standard InChI is InChI=1S/C12H13N5S/c1-8(11-14-3-4-18-11)7-15-12-16-9(2)5-10(6-13)17-12/h3-5,8H,7H2,1-2H3,(H,15,16,17). The van der Waals surface area contributed by atoms with Gasteiger partial charge in [-0.3, -0.25) is 0 Å². The highest BCUT2D eigenvalue weighted by Crippen LogP contribution is 2.17. The van der Waals surface area contributed by atoms with Crippen molar-refractivity contribution in [3.63, 3.8) is 0 Å². The van der Waals surface area contributed by atoms with Gasteiger partial charge in [0.05, 0.1) is 5.01 Å². The molecule has 1 unspecified atom stereocenters. The summed E-state index contributed by atoms with van der Waals surface area (Å²) in [6.07, 6.45) is 1.80. The van der Waals surface area contributed by atoms with Gasteiger partial charge in [-0.15, -0.1) is 11.3 Å². The highest BCUT2D eigenvalue weighted by Gasteiger charge is 2.09. The Labute approximate surface area is 110 Å². The van der Waals surface area contributed by atoms with Gasteiger partial charge in [0.1, 0.15) is 11.8 Å². The first-order valence-corrected chi connectivity index (χ1v) is 6.46. The molecule has 0 fully saturated rings. The lowest BCUT2D eigenvalue weighted by Gasteiger charge is -2.10. The molecule has 2 aromatic rings. The van der Waals surface area contributed by atoms with Crippen LogP contribution in [0.5, 0.6) is 0 Å². The second-order valence-corrected chi connectivity index (χ2v) is 4.91. The van der Waals surface area contributed by atoms with E-state index < -0.39 is 0 Å². The SMILES string of the molecule is Cc1cc(C#N)nc(NCC(C)c2nccs2)n1. The van der Waals surface area contributed by atoms with Gasteiger partial charge in [0, 0.05) is 29.7 Å². The molecule has 2 heterocycles. The van der Waals surface area contributed by atoms with E-state index >= 15 is 0 Å². The van der Waals surface area contributed by atoms with Crippen LogP contribution in [0.15, 0.2) is 17.6 Å². The van der Waals surface area contributed by atoms with Crippen LogP contribution in [0.3, 0.4) is 0 Å². The monoisotopic (exact) mass is 259 g/mol. The van der Waals surface area contributed by atoms with Crippen molar-refractivity contribution in [2.75, 3.05) is 11.9 Å². The predicted molar refractivity (Wildman–Crippen MR) is 70.5 cm³/mol. The van der Waals surface area contributed by atoms with Crippen LogP contribution >= 0.6 is 11.3 Å². The summed E-state index contributed by atoms with van der Waals surface area (Å²) in [7, 11) is 0. The second-order valence-electron chi connectivity index (χ2n) is 3.98. The van der Waals surface area contributed by atoms with Crippen molar-refractivity contribution in [2.45, 2.75) is 19.8 Å². The summed E-state index contributed by atoms with van der Waals surface area (Å²) in [5, 5.41) is 15.0. The van der Waals surface area contributed by atoms with E-state index in [1.54, 1.807) is 23.6 Å². The van der Waals surface area contributed by atoms with Gasteiger partial charge >= 0.3 is 0 Å². The zero-order valence-corrected chi connectivity index (χ0v) is 11.0. The first-order chi connectivity index (χ1) is 8.69. The van der Waals surface area contributed by atoms with Gasteiger partial charge in [-0.25, -0.2) is 15.0 Å². The Morgan fingerprint density at radius 1 is 1.50 bits per heavy atom. The number of nitrogens with zero attached hydrogens (tertiary/aromatic N) is 4. The molecule has 5 nitrogen and oxygen atoms in total. The van der Waals surface area contributed by atoms with Gasteiger partial charge < -0.3 is 5.32 Å². The van der Waals surface area contributed by atoms with E-state index in [-0.39, 0.29) is 0 Å². The highest BCUT2D eigenvalue weighted by atomic mass is 32.1. The third kappa shape index (κ3) is 3.02. The number of anilines is 1. The Morgan fingerprint density at radius 3 is 3.00 bits per heavy atom. The molecular formula is C12H13N5S. The van der Waals surface area contributed by atoms with Crippen molar-refractivity contribution in [3.8, 4) is 6.07 Å². The molecule has 0 spiro atoms. The molecule has 0 aliphatic rings. The molecule has 0 saturated heterocycles. The van der Waals surface area contributed by atoms with E-state index in [4.69, 9.17) is 5.26 Å². The highest BCUT2D eigenvalue weighted by molar-refractivity contribution is 7.09. The lowest BCUT2D eigenvalue weighted by atomic mass is 10.2. The predicted octanol–water partition coefficient (Wildman–Crippen LogP) is 2.33. The molecule has 0 aromatic carbocycles. The fourth-order valence-corrected chi connectivity index (χ4v) is 2.21. The van der Waals surface area contributed by atoms with Crippen molar-refractivity contribution < 1.29 is 0 Å². The largest absolute Gasteiger partial charge is 0.353 e. The summed E-state index contributed by atoms with van der Waals surface area (Å²) < 4.78 is 0. The summed E-state index contributed by atoms with van der Waals surface area (Å²) >= 11 is 1.63. The van der Waals surface area contributed by atoms with Gasteiger partial charge in [-0.2, -0.15) is 5.26 Å². The quantitative estimate of drug-likeness (QED) is 0.912. The minimum Gasteiger partial charge on any atom is -0.353 e. The van der Waals surface area contributed by atoms with Crippen LogP contribution in [0, 0.1) is 18.3 Å². The Morgan fingerprint density at radius 2 is 2.33 bits per heavy atom. The normalized spacial score (nSPS) is 11.8. The minimum atomic E-state index is 0.291.